The van der Waals surface area contributed by atoms with Crippen LogP contribution in [-0.4, -0.2) is 46.1 Å². The van der Waals surface area contributed by atoms with Crippen LogP contribution in [0.25, 0.3) is 0 Å². The van der Waals surface area contributed by atoms with Crippen molar-refractivity contribution < 1.29 is 9.53 Å². The van der Waals surface area contributed by atoms with Crippen molar-refractivity contribution in [3.8, 4) is 5.75 Å². The Labute approximate surface area is 193 Å². The van der Waals surface area contributed by atoms with Crippen LogP contribution >= 0.6 is 0 Å². The monoisotopic (exact) mass is 444 g/mol. The van der Waals surface area contributed by atoms with Crippen molar-refractivity contribution in [2.75, 3.05) is 23.7 Å². The maximum absolute atomic E-state index is 12.0. The molecule has 1 amide bonds. The molecule has 2 aromatic rings. The second kappa shape index (κ2) is 11.4. The molecule has 8 nitrogen and oxygen atoms in total. The van der Waals surface area contributed by atoms with Gasteiger partial charge in [0.1, 0.15) is 29.5 Å². The first-order valence-electron chi connectivity index (χ1n) is 10.6. The number of benzene rings is 1. The van der Waals surface area contributed by atoms with Crippen molar-refractivity contribution in [1.82, 2.24) is 14.9 Å². The van der Waals surface area contributed by atoms with Gasteiger partial charge in [0.2, 0.25) is 5.91 Å². The maximum atomic E-state index is 12.0. The molecule has 1 fully saturated rings. The fraction of sp³-hybridized carbons (Fsp3) is 0.200. The number of hydrogen-bond acceptors (Lipinski definition) is 7. The zero-order valence-corrected chi connectivity index (χ0v) is 18.5. The Morgan fingerprint density at radius 3 is 2.58 bits per heavy atom. The molecule has 0 aliphatic carbocycles. The molecule has 1 atom stereocenters. The van der Waals surface area contributed by atoms with Crippen LogP contribution in [0.2, 0.25) is 0 Å². The molecule has 0 bridgehead atoms. The van der Waals surface area contributed by atoms with E-state index in [2.05, 4.69) is 40.3 Å². The lowest BCUT2D eigenvalue weighted by Crippen LogP contribution is -2.44. The fourth-order valence-electron chi connectivity index (χ4n) is 3.50. The van der Waals surface area contributed by atoms with Gasteiger partial charge in [0.15, 0.2) is 0 Å². The van der Waals surface area contributed by atoms with Crippen molar-refractivity contribution in [2.45, 2.75) is 18.9 Å². The first-order chi connectivity index (χ1) is 16.1. The molecule has 3 rings (SSSR count). The van der Waals surface area contributed by atoms with Gasteiger partial charge in [0.25, 0.3) is 0 Å². The number of allylic oxidation sites excluding steroid dienone is 3. The summed E-state index contributed by atoms with van der Waals surface area (Å²) in [6.45, 7) is 12.2. The first-order valence-corrected chi connectivity index (χ1v) is 10.6. The predicted molar refractivity (Wildman–Crippen MR) is 132 cm³/mol. The van der Waals surface area contributed by atoms with E-state index in [1.165, 1.54) is 18.6 Å². The predicted octanol–water partition coefficient (Wildman–Crippen LogP) is 4.44. The highest BCUT2D eigenvalue weighted by atomic mass is 16.5. The van der Waals surface area contributed by atoms with Crippen LogP contribution in [0.3, 0.4) is 0 Å². The highest BCUT2D eigenvalue weighted by Gasteiger charge is 2.23. The number of nitrogens with zero attached hydrogens (tertiary/aromatic N) is 3. The zero-order chi connectivity index (χ0) is 23.6. The molecule has 1 aromatic carbocycles. The summed E-state index contributed by atoms with van der Waals surface area (Å²) in [4.78, 5) is 22.4. The zero-order valence-electron chi connectivity index (χ0n) is 18.5. The molecule has 2 heterocycles. The van der Waals surface area contributed by atoms with E-state index in [9.17, 15) is 4.79 Å². The van der Waals surface area contributed by atoms with Gasteiger partial charge in [-0.15, -0.1) is 0 Å². The molecular weight excluding hydrogens is 416 g/mol. The van der Waals surface area contributed by atoms with Crippen molar-refractivity contribution >= 4 is 29.4 Å². The highest BCUT2D eigenvalue weighted by Crippen LogP contribution is 2.25. The number of piperidine rings is 1. The van der Waals surface area contributed by atoms with Gasteiger partial charge < -0.3 is 25.7 Å². The molecule has 1 aliphatic rings. The minimum atomic E-state index is -0.0774. The molecule has 1 saturated heterocycles. The molecule has 1 aliphatic heterocycles. The van der Waals surface area contributed by atoms with Crippen LogP contribution < -0.4 is 15.4 Å². The van der Waals surface area contributed by atoms with Crippen molar-refractivity contribution in [3.05, 3.63) is 86.0 Å². The molecule has 0 radical (unpaired) electrons. The standard InChI is InChI=1S/C25H28N6O2/c1-4-8-20(5-2)33-21-12-10-18(11-13-21)29-24-22(15-26)25(28-17-27-24)30-19-9-7-14-31(16-19)23(32)6-3/h4-6,8,10-13,15,17,19,26H,1-3,7,9,14,16H2,(H2,27,28,29,30). The number of nitrogens with one attached hydrogen (secondary N) is 3. The number of carbonyl (C=O) groups excluding carboxylic acids is 1. The van der Waals surface area contributed by atoms with Crippen LogP contribution in [0.5, 0.6) is 5.75 Å². The Balaban J connectivity index is 1.72. The summed E-state index contributed by atoms with van der Waals surface area (Å²) in [7, 11) is 0. The quantitative estimate of drug-likeness (QED) is 0.217. The van der Waals surface area contributed by atoms with Gasteiger partial charge in [-0.3, -0.25) is 4.79 Å². The van der Waals surface area contributed by atoms with E-state index in [4.69, 9.17) is 10.1 Å². The third kappa shape index (κ3) is 6.16. The third-order valence-corrected chi connectivity index (χ3v) is 5.11. The summed E-state index contributed by atoms with van der Waals surface area (Å²) in [6, 6.07) is 7.38. The molecule has 1 aromatic heterocycles. The second-order valence-electron chi connectivity index (χ2n) is 7.36. The Morgan fingerprint density at radius 1 is 1.15 bits per heavy atom. The summed E-state index contributed by atoms with van der Waals surface area (Å²) < 4.78 is 5.73. The van der Waals surface area contributed by atoms with Crippen molar-refractivity contribution in [3.63, 3.8) is 0 Å². The minimum Gasteiger partial charge on any atom is -0.457 e. The molecule has 170 valence electrons. The number of aromatic nitrogens is 2. The number of ether oxygens (including phenoxy) is 1. The first kappa shape index (κ1) is 23.5. The lowest BCUT2D eigenvalue weighted by atomic mass is 10.1. The minimum absolute atomic E-state index is 0.0307. The normalized spacial score (nSPS) is 15.8. The van der Waals surface area contributed by atoms with Gasteiger partial charge in [0.05, 0.1) is 5.56 Å². The molecule has 0 saturated carbocycles. The SMILES string of the molecule is C=CC=C(C=C)Oc1ccc(Nc2ncnc(NC3CCCN(C(=O)C=C)C3)c2C=N)cc1. The summed E-state index contributed by atoms with van der Waals surface area (Å²) in [5.74, 6) is 2.22. The van der Waals surface area contributed by atoms with Gasteiger partial charge in [0, 0.05) is 31.0 Å². The lowest BCUT2D eigenvalue weighted by molar-refractivity contribution is -0.127. The third-order valence-electron chi connectivity index (χ3n) is 5.11. The van der Waals surface area contributed by atoms with E-state index in [0.29, 0.717) is 41.8 Å². The summed E-state index contributed by atoms with van der Waals surface area (Å²) in [6.07, 6.45) is 10.8. The van der Waals surface area contributed by atoms with Gasteiger partial charge in [-0.25, -0.2) is 9.97 Å². The number of carbonyl (C=O) groups is 1. The molecule has 0 spiro atoms. The highest BCUT2D eigenvalue weighted by molar-refractivity contribution is 5.92. The van der Waals surface area contributed by atoms with Crippen LogP contribution in [-0.2, 0) is 4.79 Å². The average molecular weight is 445 g/mol. The van der Waals surface area contributed by atoms with Crippen LogP contribution in [0.1, 0.15) is 18.4 Å². The molecule has 8 heteroatoms. The van der Waals surface area contributed by atoms with Crippen LogP contribution in [0.15, 0.2) is 80.4 Å². The fourth-order valence-corrected chi connectivity index (χ4v) is 3.50. The van der Waals surface area contributed by atoms with E-state index in [1.54, 1.807) is 23.1 Å². The summed E-state index contributed by atoms with van der Waals surface area (Å²) in [5.41, 5.74) is 1.32. The average Bonchev–Trinajstić information content (AvgIpc) is 2.84. The van der Waals surface area contributed by atoms with Crippen LogP contribution in [0, 0.1) is 5.41 Å². The topological polar surface area (TPSA) is 103 Å². The van der Waals surface area contributed by atoms with E-state index < -0.39 is 0 Å². The number of likely N-dealkylation sites (tertiary alicyclic amines) is 1. The molecular formula is C25H28N6O2. The Hall–Kier alpha value is -4.20. The van der Waals surface area contributed by atoms with E-state index >= 15 is 0 Å². The number of amides is 1. The Bertz CT molecular complexity index is 1060. The van der Waals surface area contributed by atoms with Gasteiger partial charge in [-0.2, -0.15) is 0 Å². The smallest absolute Gasteiger partial charge is 0.246 e. The number of rotatable bonds is 10. The van der Waals surface area contributed by atoms with E-state index in [1.807, 2.05) is 24.3 Å². The largest absolute Gasteiger partial charge is 0.457 e. The molecule has 3 N–H and O–H groups in total. The number of anilines is 3. The maximum Gasteiger partial charge on any atom is 0.246 e. The van der Waals surface area contributed by atoms with Gasteiger partial charge >= 0.3 is 0 Å². The lowest BCUT2D eigenvalue weighted by Gasteiger charge is -2.33. The van der Waals surface area contributed by atoms with E-state index in [-0.39, 0.29) is 11.9 Å². The van der Waals surface area contributed by atoms with Crippen molar-refractivity contribution in [1.29, 1.82) is 5.41 Å². The molecule has 1 unspecified atom stereocenters. The summed E-state index contributed by atoms with van der Waals surface area (Å²) >= 11 is 0. The number of hydrogen-bond donors (Lipinski definition) is 3. The van der Waals surface area contributed by atoms with E-state index in [0.717, 1.165) is 18.5 Å². The van der Waals surface area contributed by atoms with Crippen molar-refractivity contribution in [2.24, 2.45) is 0 Å². The van der Waals surface area contributed by atoms with Crippen LogP contribution in [0.4, 0.5) is 17.3 Å². The molecule has 33 heavy (non-hydrogen) atoms. The summed E-state index contributed by atoms with van der Waals surface area (Å²) in [5, 5.41) is 14.5. The Kier molecular flexibility index (Phi) is 8.13. The Morgan fingerprint density at radius 2 is 1.91 bits per heavy atom. The van der Waals surface area contributed by atoms with Gasteiger partial charge in [-0.05, 0) is 55.3 Å². The second-order valence-corrected chi connectivity index (χ2v) is 7.36. The van der Waals surface area contributed by atoms with Gasteiger partial charge in [-0.1, -0.05) is 25.8 Å².